The first kappa shape index (κ1) is 15.3. The second-order valence-electron chi connectivity index (χ2n) is 4.62. The molecule has 0 saturated heterocycles. The maximum absolute atomic E-state index is 11.8. The summed E-state index contributed by atoms with van der Waals surface area (Å²) in [5.74, 6) is -0.184. The molecule has 1 amide bonds. The van der Waals surface area contributed by atoms with Gasteiger partial charge in [-0.2, -0.15) is 10.2 Å². The minimum atomic E-state index is -0.184. The molecular formula is C14H18ClN5O. The van der Waals surface area contributed by atoms with E-state index in [2.05, 4.69) is 15.5 Å². The van der Waals surface area contributed by atoms with Crippen molar-refractivity contribution in [2.24, 2.45) is 7.05 Å². The van der Waals surface area contributed by atoms with Crippen molar-refractivity contribution in [2.45, 2.75) is 26.9 Å². The summed E-state index contributed by atoms with van der Waals surface area (Å²) in [5, 5.41) is 11.6. The van der Waals surface area contributed by atoms with E-state index < -0.39 is 0 Å². The minimum absolute atomic E-state index is 0.184. The molecule has 0 fully saturated rings. The van der Waals surface area contributed by atoms with Crippen molar-refractivity contribution in [2.75, 3.05) is 0 Å². The number of hydrogen-bond donors (Lipinski definition) is 1. The van der Waals surface area contributed by atoms with Crippen molar-refractivity contribution in [1.82, 2.24) is 24.9 Å². The molecular weight excluding hydrogens is 290 g/mol. The number of hydrogen-bond acceptors (Lipinski definition) is 3. The molecule has 2 rings (SSSR count). The smallest absolute Gasteiger partial charge is 0.244 e. The Morgan fingerprint density at radius 2 is 2.19 bits per heavy atom. The van der Waals surface area contributed by atoms with Gasteiger partial charge in [-0.3, -0.25) is 14.2 Å². The number of rotatable bonds is 5. The minimum Gasteiger partial charge on any atom is -0.347 e. The van der Waals surface area contributed by atoms with Crippen LogP contribution in [0.4, 0.5) is 0 Å². The van der Waals surface area contributed by atoms with Crippen molar-refractivity contribution in [3.63, 3.8) is 0 Å². The summed E-state index contributed by atoms with van der Waals surface area (Å²) in [7, 11) is 1.78. The Kier molecular flexibility index (Phi) is 4.80. The van der Waals surface area contributed by atoms with Crippen LogP contribution in [0.1, 0.15) is 23.9 Å². The largest absolute Gasteiger partial charge is 0.347 e. The van der Waals surface area contributed by atoms with Crippen molar-refractivity contribution >= 4 is 23.6 Å². The fourth-order valence-corrected chi connectivity index (χ4v) is 2.21. The maximum atomic E-state index is 11.8. The van der Waals surface area contributed by atoms with Gasteiger partial charge in [-0.15, -0.1) is 0 Å². The first-order valence-electron chi connectivity index (χ1n) is 6.67. The fraction of sp³-hybridized carbons (Fsp3) is 0.357. The Hall–Kier alpha value is -2.08. The van der Waals surface area contributed by atoms with Crippen LogP contribution >= 0.6 is 11.6 Å². The molecule has 6 nitrogen and oxygen atoms in total. The highest BCUT2D eigenvalue weighted by Gasteiger charge is 2.07. The standard InChI is InChI=1S/C14H18ClN5O/c1-4-20-10(2)11(7-18-20)5-6-14(21)16-9-13-12(15)8-17-19(13)3/h5-8H,4,9H2,1-3H3,(H,16,21)/b6-5+. The van der Waals surface area contributed by atoms with E-state index in [1.165, 1.54) is 6.08 Å². The van der Waals surface area contributed by atoms with Gasteiger partial charge in [0.2, 0.25) is 5.91 Å². The van der Waals surface area contributed by atoms with Gasteiger partial charge in [0.25, 0.3) is 0 Å². The van der Waals surface area contributed by atoms with Crippen molar-refractivity contribution < 1.29 is 4.79 Å². The van der Waals surface area contributed by atoms with Gasteiger partial charge in [0.05, 0.1) is 29.7 Å². The van der Waals surface area contributed by atoms with Gasteiger partial charge < -0.3 is 5.32 Å². The quantitative estimate of drug-likeness (QED) is 0.858. The number of halogens is 1. The first-order chi connectivity index (χ1) is 10.0. The van der Waals surface area contributed by atoms with E-state index in [1.807, 2.05) is 18.5 Å². The van der Waals surface area contributed by atoms with E-state index in [9.17, 15) is 4.79 Å². The summed E-state index contributed by atoms with van der Waals surface area (Å²) in [4.78, 5) is 11.8. The lowest BCUT2D eigenvalue weighted by Crippen LogP contribution is -2.22. The third kappa shape index (κ3) is 3.52. The highest BCUT2D eigenvalue weighted by atomic mass is 35.5. The summed E-state index contributed by atoms with van der Waals surface area (Å²) >= 11 is 5.98. The van der Waals surface area contributed by atoms with E-state index in [1.54, 1.807) is 30.2 Å². The lowest BCUT2D eigenvalue weighted by molar-refractivity contribution is -0.116. The van der Waals surface area contributed by atoms with Crippen LogP contribution in [-0.4, -0.2) is 25.5 Å². The van der Waals surface area contributed by atoms with Crippen LogP contribution in [0.2, 0.25) is 5.02 Å². The van der Waals surface area contributed by atoms with Gasteiger partial charge in [0.1, 0.15) is 0 Å². The van der Waals surface area contributed by atoms with Crippen LogP contribution in [0, 0.1) is 6.92 Å². The molecule has 0 aliphatic heterocycles. The van der Waals surface area contributed by atoms with Crippen LogP contribution in [0.25, 0.3) is 6.08 Å². The Balaban J connectivity index is 1.95. The first-order valence-corrected chi connectivity index (χ1v) is 7.05. The number of amides is 1. The summed E-state index contributed by atoms with van der Waals surface area (Å²) in [5.41, 5.74) is 2.75. The van der Waals surface area contributed by atoms with E-state index in [4.69, 9.17) is 11.6 Å². The van der Waals surface area contributed by atoms with Crippen molar-refractivity contribution in [1.29, 1.82) is 0 Å². The van der Waals surface area contributed by atoms with Gasteiger partial charge in [0, 0.05) is 30.9 Å². The zero-order valence-electron chi connectivity index (χ0n) is 12.3. The fourth-order valence-electron chi connectivity index (χ4n) is 1.97. The molecule has 0 aliphatic carbocycles. The highest BCUT2D eigenvalue weighted by molar-refractivity contribution is 6.31. The second kappa shape index (κ2) is 6.58. The highest BCUT2D eigenvalue weighted by Crippen LogP contribution is 2.13. The van der Waals surface area contributed by atoms with Crippen LogP contribution in [0.15, 0.2) is 18.5 Å². The summed E-state index contributed by atoms with van der Waals surface area (Å²) in [6.07, 6.45) is 6.56. The lowest BCUT2D eigenvalue weighted by atomic mass is 10.2. The topological polar surface area (TPSA) is 64.7 Å². The Labute approximate surface area is 128 Å². The van der Waals surface area contributed by atoms with Gasteiger partial charge in [-0.05, 0) is 19.9 Å². The van der Waals surface area contributed by atoms with E-state index in [0.29, 0.717) is 11.6 Å². The number of carbonyl (C=O) groups excluding carboxylic acids is 1. The molecule has 0 unspecified atom stereocenters. The molecule has 0 atom stereocenters. The van der Waals surface area contributed by atoms with Crippen LogP contribution in [0.5, 0.6) is 0 Å². The van der Waals surface area contributed by atoms with Gasteiger partial charge >= 0.3 is 0 Å². The van der Waals surface area contributed by atoms with Gasteiger partial charge in [-0.25, -0.2) is 0 Å². The monoisotopic (exact) mass is 307 g/mol. The van der Waals surface area contributed by atoms with E-state index in [0.717, 1.165) is 23.5 Å². The Morgan fingerprint density at radius 3 is 2.76 bits per heavy atom. The molecule has 7 heteroatoms. The number of aryl methyl sites for hydroxylation is 2. The molecule has 1 N–H and O–H groups in total. The Morgan fingerprint density at radius 1 is 1.43 bits per heavy atom. The number of nitrogens with one attached hydrogen (secondary N) is 1. The molecule has 0 spiro atoms. The SMILES string of the molecule is CCn1ncc(/C=C/C(=O)NCc2c(Cl)cnn2C)c1C. The molecule has 0 saturated carbocycles. The Bertz CT molecular complexity index is 651. The normalized spacial score (nSPS) is 11.2. The van der Waals surface area contributed by atoms with Crippen LogP contribution < -0.4 is 5.32 Å². The maximum Gasteiger partial charge on any atom is 0.244 e. The summed E-state index contributed by atoms with van der Waals surface area (Å²) in [6, 6.07) is 0. The van der Waals surface area contributed by atoms with Gasteiger partial charge in [-0.1, -0.05) is 11.6 Å². The third-order valence-corrected chi connectivity index (χ3v) is 3.61. The van der Waals surface area contributed by atoms with Crippen LogP contribution in [0.3, 0.4) is 0 Å². The lowest BCUT2D eigenvalue weighted by Gasteiger charge is -2.03. The summed E-state index contributed by atoms with van der Waals surface area (Å²) < 4.78 is 3.52. The molecule has 0 aromatic carbocycles. The number of carbonyl (C=O) groups is 1. The average molecular weight is 308 g/mol. The molecule has 2 heterocycles. The molecule has 0 bridgehead atoms. The predicted molar refractivity (Wildman–Crippen MR) is 81.7 cm³/mol. The average Bonchev–Trinajstić information content (AvgIpc) is 2.98. The number of aromatic nitrogens is 4. The van der Waals surface area contributed by atoms with Crippen LogP contribution in [-0.2, 0) is 24.9 Å². The summed E-state index contributed by atoms with van der Waals surface area (Å²) in [6.45, 7) is 5.15. The predicted octanol–water partition coefficient (Wildman–Crippen LogP) is 1.93. The van der Waals surface area contributed by atoms with E-state index in [-0.39, 0.29) is 5.91 Å². The van der Waals surface area contributed by atoms with Gasteiger partial charge in [0.15, 0.2) is 0 Å². The van der Waals surface area contributed by atoms with E-state index >= 15 is 0 Å². The molecule has 2 aromatic rings. The zero-order chi connectivity index (χ0) is 15.4. The third-order valence-electron chi connectivity index (χ3n) is 3.30. The molecule has 0 aliphatic rings. The van der Waals surface area contributed by atoms with Crippen molar-refractivity contribution in [3.8, 4) is 0 Å². The molecule has 0 radical (unpaired) electrons. The van der Waals surface area contributed by atoms with Crippen molar-refractivity contribution in [3.05, 3.63) is 40.4 Å². The molecule has 112 valence electrons. The molecule has 2 aromatic heterocycles. The second-order valence-corrected chi connectivity index (χ2v) is 5.02. The zero-order valence-corrected chi connectivity index (χ0v) is 13.1. The number of nitrogens with zero attached hydrogens (tertiary/aromatic N) is 4. The molecule has 21 heavy (non-hydrogen) atoms.